The van der Waals surface area contributed by atoms with E-state index < -0.39 is 10.0 Å². The van der Waals surface area contributed by atoms with Crippen LogP contribution in [-0.2, 0) is 10.0 Å². The van der Waals surface area contributed by atoms with Crippen LogP contribution in [0.15, 0.2) is 53.6 Å². The molecular weight excluding hydrogens is 322 g/mol. The summed E-state index contributed by atoms with van der Waals surface area (Å²) in [6, 6.07) is 12.5. The summed E-state index contributed by atoms with van der Waals surface area (Å²) >= 11 is 0. The van der Waals surface area contributed by atoms with Crippen molar-refractivity contribution in [3.05, 3.63) is 65.6 Å². The van der Waals surface area contributed by atoms with Crippen molar-refractivity contribution in [2.45, 2.75) is 25.7 Å². The van der Waals surface area contributed by atoms with Gasteiger partial charge >= 0.3 is 0 Å². The van der Waals surface area contributed by atoms with Crippen LogP contribution in [0.5, 0.6) is 0 Å². The van der Waals surface area contributed by atoms with Gasteiger partial charge in [0.15, 0.2) is 0 Å². The predicted molar refractivity (Wildman–Crippen MR) is 95.5 cm³/mol. The summed E-state index contributed by atoms with van der Waals surface area (Å²) in [5.41, 5.74) is 3.99. The van der Waals surface area contributed by atoms with Crippen molar-refractivity contribution in [2.75, 3.05) is 4.72 Å². The van der Waals surface area contributed by atoms with Gasteiger partial charge in [-0.15, -0.1) is 0 Å². The molecule has 0 radical (unpaired) electrons. The van der Waals surface area contributed by atoms with E-state index in [0.717, 1.165) is 28.2 Å². The van der Waals surface area contributed by atoms with E-state index in [0.29, 0.717) is 5.69 Å². The fraction of sp³-hybridized carbons (Fsp3) is 0.167. The molecule has 3 aromatic rings. The van der Waals surface area contributed by atoms with Gasteiger partial charge in [-0.05, 0) is 44.5 Å². The van der Waals surface area contributed by atoms with E-state index in [9.17, 15) is 8.42 Å². The minimum atomic E-state index is -3.63. The maximum absolute atomic E-state index is 12.7. The first-order valence-electron chi connectivity index (χ1n) is 7.57. The van der Waals surface area contributed by atoms with Crippen LogP contribution in [0.3, 0.4) is 0 Å². The van der Waals surface area contributed by atoms with E-state index in [4.69, 9.17) is 0 Å². The number of aromatic amines is 1. The number of aryl methyl sites for hydroxylation is 3. The molecule has 0 aliphatic rings. The van der Waals surface area contributed by atoms with Gasteiger partial charge < -0.3 is 4.98 Å². The Kier molecular flexibility index (Phi) is 4.15. The molecule has 1 heterocycles. The molecule has 1 aromatic heterocycles. The highest BCUT2D eigenvalue weighted by Gasteiger charge is 2.17. The molecular formula is C18H19N3O2S. The zero-order valence-electron chi connectivity index (χ0n) is 13.8. The van der Waals surface area contributed by atoms with E-state index >= 15 is 0 Å². The molecule has 124 valence electrons. The molecule has 3 rings (SSSR count). The molecule has 6 heteroatoms. The Morgan fingerprint density at radius 1 is 1.04 bits per heavy atom. The first-order valence-corrected chi connectivity index (χ1v) is 9.05. The normalized spacial score (nSPS) is 11.5. The highest BCUT2D eigenvalue weighted by Crippen LogP contribution is 2.24. The summed E-state index contributed by atoms with van der Waals surface area (Å²) in [5.74, 6) is 0.811. The summed E-state index contributed by atoms with van der Waals surface area (Å²) < 4.78 is 28.0. The number of hydrogen-bond acceptors (Lipinski definition) is 3. The molecule has 0 unspecified atom stereocenters. The molecule has 0 aliphatic carbocycles. The topological polar surface area (TPSA) is 74.8 Å². The van der Waals surface area contributed by atoms with Crippen LogP contribution in [0.1, 0.15) is 17.0 Å². The number of anilines is 1. The molecule has 0 saturated carbocycles. The van der Waals surface area contributed by atoms with Crippen LogP contribution in [0, 0.1) is 20.8 Å². The largest absolute Gasteiger partial charge is 0.342 e. The third-order valence-corrected chi connectivity index (χ3v) is 5.29. The summed E-state index contributed by atoms with van der Waals surface area (Å²) in [4.78, 5) is 7.60. The lowest BCUT2D eigenvalue weighted by Crippen LogP contribution is -2.14. The number of rotatable bonds is 4. The highest BCUT2D eigenvalue weighted by molar-refractivity contribution is 7.92. The average molecular weight is 341 g/mol. The second-order valence-corrected chi connectivity index (χ2v) is 7.49. The zero-order chi connectivity index (χ0) is 17.3. The van der Waals surface area contributed by atoms with Crippen LogP contribution in [0.2, 0.25) is 0 Å². The summed E-state index contributed by atoms with van der Waals surface area (Å²) in [7, 11) is -3.63. The fourth-order valence-electron chi connectivity index (χ4n) is 2.63. The number of imidazole rings is 1. The highest BCUT2D eigenvalue weighted by atomic mass is 32.2. The van der Waals surface area contributed by atoms with Gasteiger partial charge in [-0.25, -0.2) is 13.4 Å². The molecule has 0 spiro atoms. The third kappa shape index (κ3) is 3.33. The van der Waals surface area contributed by atoms with Gasteiger partial charge in [0, 0.05) is 11.3 Å². The summed E-state index contributed by atoms with van der Waals surface area (Å²) in [6.45, 7) is 5.61. The zero-order valence-corrected chi connectivity index (χ0v) is 14.6. The van der Waals surface area contributed by atoms with E-state index in [-0.39, 0.29) is 4.90 Å². The smallest absolute Gasteiger partial charge is 0.262 e. The molecule has 0 saturated heterocycles. The maximum atomic E-state index is 12.7. The van der Waals surface area contributed by atoms with E-state index in [1.165, 1.54) is 0 Å². The first kappa shape index (κ1) is 16.3. The van der Waals surface area contributed by atoms with Crippen molar-refractivity contribution < 1.29 is 8.42 Å². The second-order valence-electron chi connectivity index (χ2n) is 5.84. The van der Waals surface area contributed by atoms with Crippen molar-refractivity contribution >= 4 is 15.7 Å². The summed E-state index contributed by atoms with van der Waals surface area (Å²) in [6.07, 6.45) is 1.73. The quantitative estimate of drug-likeness (QED) is 0.758. The van der Waals surface area contributed by atoms with Crippen molar-refractivity contribution in [1.29, 1.82) is 0 Å². The van der Waals surface area contributed by atoms with Crippen molar-refractivity contribution in [1.82, 2.24) is 9.97 Å². The van der Waals surface area contributed by atoms with Gasteiger partial charge in [-0.1, -0.05) is 29.8 Å². The molecule has 0 aliphatic heterocycles. The number of nitrogens with zero attached hydrogens (tertiary/aromatic N) is 1. The van der Waals surface area contributed by atoms with Crippen LogP contribution in [0.4, 0.5) is 5.69 Å². The van der Waals surface area contributed by atoms with Crippen LogP contribution in [-0.4, -0.2) is 18.4 Å². The van der Waals surface area contributed by atoms with Crippen LogP contribution >= 0.6 is 0 Å². The molecule has 0 bridgehead atoms. The Hall–Kier alpha value is -2.60. The van der Waals surface area contributed by atoms with Crippen LogP contribution in [0.25, 0.3) is 11.3 Å². The summed E-state index contributed by atoms with van der Waals surface area (Å²) in [5, 5.41) is 0. The Balaban J connectivity index is 1.93. The van der Waals surface area contributed by atoms with Gasteiger partial charge in [0.05, 0.1) is 16.8 Å². The lowest BCUT2D eigenvalue weighted by atomic mass is 10.1. The maximum Gasteiger partial charge on any atom is 0.262 e. The number of nitrogens with one attached hydrogen (secondary N) is 2. The molecule has 5 nitrogen and oxygen atoms in total. The number of sulfonamides is 1. The Labute approximate surface area is 141 Å². The Bertz CT molecular complexity index is 991. The lowest BCUT2D eigenvalue weighted by Gasteiger charge is -2.11. The number of hydrogen-bond donors (Lipinski definition) is 2. The van der Waals surface area contributed by atoms with Gasteiger partial charge in [0.1, 0.15) is 5.82 Å². The monoisotopic (exact) mass is 341 g/mol. The Morgan fingerprint density at radius 2 is 1.83 bits per heavy atom. The van der Waals surface area contributed by atoms with E-state index in [1.54, 1.807) is 37.4 Å². The minimum absolute atomic E-state index is 0.288. The third-order valence-electron chi connectivity index (χ3n) is 3.75. The lowest BCUT2D eigenvalue weighted by molar-refractivity contribution is 0.600. The van der Waals surface area contributed by atoms with E-state index in [1.807, 2.05) is 32.0 Å². The van der Waals surface area contributed by atoms with Gasteiger partial charge in [0.2, 0.25) is 0 Å². The second kappa shape index (κ2) is 6.13. The van der Waals surface area contributed by atoms with Crippen molar-refractivity contribution in [3.8, 4) is 11.3 Å². The number of benzene rings is 2. The van der Waals surface area contributed by atoms with Crippen LogP contribution < -0.4 is 4.72 Å². The fourth-order valence-corrected chi connectivity index (χ4v) is 3.91. The predicted octanol–water partition coefficient (Wildman–Crippen LogP) is 3.80. The SMILES string of the molecule is Cc1ccc(S(=O)(=O)Nc2cccc(-c3cnc(C)[nH]3)c2)c(C)c1. The molecule has 0 fully saturated rings. The van der Waals surface area contributed by atoms with Crippen molar-refractivity contribution in [2.24, 2.45) is 0 Å². The molecule has 2 aromatic carbocycles. The number of H-pyrrole nitrogens is 1. The number of aromatic nitrogens is 2. The minimum Gasteiger partial charge on any atom is -0.342 e. The average Bonchev–Trinajstić information content (AvgIpc) is 2.93. The standard InChI is InChI=1S/C18H19N3O2S/c1-12-7-8-18(13(2)9-12)24(22,23)21-16-6-4-5-15(10-16)17-11-19-14(3)20-17/h4-11,21H,1-3H3,(H,19,20). The Morgan fingerprint density at radius 3 is 2.50 bits per heavy atom. The molecule has 0 amide bonds. The first-order chi connectivity index (χ1) is 11.3. The molecule has 24 heavy (non-hydrogen) atoms. The van der Waals surface area contributed by atoms with Crippen molar-refractivity contribution in [3.63, 3.8) is 0 Å². The molecule has 2 N–H and O–H groups in total. The van der Waals surface area contributed by atoms with Gasteiger partial charge in [-0.3, -0.25) is 4.72 Å². The van der Waals surface area contributed by atoms with Gasteiger partial charge in [-0.2, -0.15) is 0 Å². The van der Waals surface area contributed by atoms with Gasteiger partial charge in [0.25, 0.3) is 10.0 Å². The van der Waals surface area contributed by atoms with E-state index in [2.05, 4.69) is 14.7 Å². The molecule has 0 atom stereocenters.